The number of aryl methyl sites for hydroxylation is 2. The molecule has 0 spiro atoms. The summed E-state index contributed by atoms with van der Waals surface area (Å²) in [6, 6.07) is 13.1. The molecule has 2 N–H and O–H groups in total. The molecule has 0 aliphatic heterocycles. The maximum atomic E-state index is 12.0. The number of hydrogen-bond donors (Lipinski definition) is 2. The molecule has 5 nitrogen and oxygen atoms in total. The van der Waals surface area contributed by atoms with Crippen LogP contribution in [-0.2, 0) is 11.2 Å². The molecule has 112 valence electrons. The van der Waals surface area contributed by atoms with Crippen LogP contribution in [0.15, 0.2) is 51.7 Å². The Balaban J connectivity index is 1.65. The molecule has 2 aromatic carbocycles. The van der Waals surface area contributed by atoms with Crippen LogP contribution in [0.5, 0.6) is 0 Å². The third kappa shape index (κ3) is 3.09. The predicted molar refractivity (Wildman–Crippen MR) is 85.0 cm³/mol. The van der Waals surface area contributed by atoms with Gasteiger partial charge in [0.05, 0.1) is 5.52 Å². The molecular weight excluding hydrogens is 280 g/mol. The molecule has 0 unspecified atom stereocenters. The molecule has 0 radical (unpaired) electrons. The number of benzene rings is 2. The SMILES string of the molecule is Cc1ccccc1CCC(=O)Nc1ccc2[nH]c(=O)oc2c1. The molecule has 5 heteroatoms. The molecule has 0 bridgehead atoms. The minimum absolute atomic E-state index is 0.0690. The van der Waals surface area contributed by atoms with Gasteiger partial charge in [-0.05, 0) is 36.6 Å². The highest BCUT2D eigenvalue weighted by Gasteiger charge is 2.07. The van der Waals surface area contributed by atoms with Crippen LogP contribution in [0.1, 0.15) is 17.5 Å². The summed E-state index contributed by atoms with van der Waals surface area (Å²) >= 11 is 0. The lowest BCUT2D eigenvalue weighted by Crippen LogP contribution is -2.12. The summed E-state index contributed by atoms with van der Waals surface area (Å²) in [6.45, 7) is 2.04. The van der Waals surface area contributed by atoms with Gasteiger partial charge in [0, 0.05) is 18.2 Å². The molecule has 0 atom stereocenters. The smallest absolute Gasteiger partial charge is 0.408 e. The highest BCUT2D eigenvalue weighted by molar-refractivity contribution is 5.92. The van der Waals surface area contributed by atoms with Crippen LogP contribution in [-0.4, -0.2) is 10.9 Å². The number of carbonyl (C=O) groups excluding carboxylic acids is 1. The Hall–Kier alpha value is -2.82. The van der Waals surface area contributed by atoms with Crippen LogP contribution < -0.4 is 11.1 Å². The number of aromatic nitrogens is 1. The van der Waals surface area contributed by atoms with E-state index in [2.05, 4.69) is 10.3 Å². The van der Waals surface area contributed by atoms with Gasteiger partial charge in [-0.2, -0.15) is 0 Å². The van der Waals surface area contributed by atoms with Gasteiger partial charge in [0.15, 0.2) is 5.58 Å². The van der Waals surface area contributed by atoms with Crippen molar-refractivity contribution in [2.24, 2.45) is 0 Å². The van der Waals surface area contributed by atoms with Crippen molar-refractivity contribution in [1.82, 2.24) is 4.98 Å². The van der Waals surface area contributed by atoms with E-state index >= 15 is 0 Å². The molecular formula is C17H16N2O3. The van der Waals surface area contributed by atoms with Crippen LogP contribution in [0.4, 0.5) is 5.69 Å². The number of fused-ring (bicyclic) bond motifs is 1. The van der Waals surface area contributed by atoms with Gasteiger partial charge in [0.2, 0.25) is 5.91 Å². The fourth-order valence-electron chi connectivity index (χ4n) is 2.39. The summed E-state index contributed by atoms with van der Waals surface area (Å²) < 4.78 is 4.97. The zero-order chi connectivity index (χ0) is 15.5. The fraction of sp³-hybridized carbons (Fsp3) is 0.176. The van der Waals surface area contributed by atoms with Crippen molar-refractivity contribution in [3.63, 3.8) is 0 Å². The van der Waals surface area contributed by atoms with E-state index in [4.69, 9.17) is 4.42 Å². The van der Waals surface area contributed by atoms with Crippen LogP contribution in [0.2, 0.25) is 0 Å². The normalized spacial score (nSPS) is 10.8. The molecule has 0 fully saturated rings. The summed E-state index contributed by atoms with van der Waals surface area (Å²) in [6.07, 6.45) is 1.10. The first-order valence-corrected chi connectivity index (χ1v) is 7.09. The van der Waals surface area contributed by atoms with E-state index < -0.39 is 5.76 Å². The van der Waals surface area contributed by atoms with Crippen molar-refractivity contribution in [1.29, 1.82) is 0 Å². The highest BCUT2D eigenvalue weighted by Crippen LogP contribution is 2.17. The molecule has 22 heavy (non-hydrogen) atoms. The Morgan fingerprint density at radius 1 is 1.23 bits per heavy atom. The second-order valence-electron chi connectivity index (χ2n) is 5.20. The minimum Gasteiger partial charge on any atom is -0.408 e. The third-order valence-electron chi connectivity index (χ3n) is 3.59. The Morgan fingerprint density at radius 2 is 2.05 bits per heavy atom. The molecule has 0 saturated carbocycles. The Kier molecular flexibility index (Phi) is 3.78. The van der Waals surface area contributed by atoms with Gasteiger partial charge in [-0.3, -0.25) is 9.78 Å². The number of hydrogen-bond acceptors (Lipinski definition) is 3. The van der Waals surface area contributed by atoms with E-state index in [0.717, 1.165) is 0 Å². The first-order chi connectivity index (χ1) is 10.6. The Bertz CT molecular complexity index is 877. The maximum absolute atomic E-state index is 12.0. The molecule has 1 amide bonds. The number of rotatable bonds is 4. The van der Waals surface area contributed by atoms with E-state index in [1.165, 1.54) is 11.1 Å². The topological polar surface area (TPSA) is 75.1 Å². The number of amides is 1. The lowest BCUT2D eigenvalue weighted by Gasteiger charge is -2.07. The van der Waals surface area contributed by atoms with Gasteiger partial charge < -0.3 is 9.73 Å². The summed E-state index contributed by atoms with van der Waals surface area (Å²) in [5.41, 5.74) is 4.02. The lowest BCUT2D eigenvalue weighted by molar-refractivity contribution is -0.116. The first-order valence-electron chi connectivity index (χ1n) is 7.09. The fourth-order valence-corrected chi connectivity index (χ4v) is 2.39. The number of nitrogens with one attached hydrogen (secondary N) is 2. The quantitative estimate of drug-likeness (QED) is 0.777. The van der Waals surface area contributed by atoms with Gasteiger partial charge in [0.1, 0.15) is 0 Å². The number of anilines is 1. The van der Waals surface area contributed by atoms with Gasteiger partial charge in [-0.25, -0.2) is 4.79 Å². The lowest BCUT2D eigenvalue weighted by atomic mass is 10.0. The summed E-state index contributed by atoms with van der Waals surface area (Å²) in [5.74, 6) is -0.571. The first kappa shape index (κ1) is 14.1. The van der Waals surface area contributed by atoms with E-state index in [-0.39, 0.29) is 5.91 Å². The van der Waals surface area contributed by atoms with Crippen LogP contribution >= 0.6 is 0 Å². The van der Waals surface area contributed by atoms with Crippen molar-refractivity contribution in [3.05, 3.63) is 64.1 Å². The molecule has 1 heterocycles. The maximum Gasteiger partial charge on any atom is 0.417 e. The minimum atomic E-state index is -0.502. The number of oxazole rings is 1. The van der Waals surface area contributed by atoms with E-state index in [1.807, 2.05) is 31.2 Å². The van der Waals surface area contributed by atoms with E-state index in [1.54, 1.807) is 18.2 Å². The number of aromatic amines is 1. The number of carbonyl (C=O) groups is 1. The Labute approximate surface area is 127 Å². The zero-order valence-electron chi connectivity index (χ0n) is 12.2. The number of H-pyrrole nitrogens is 1. The second-order valence-corrected chi connectivity index (χ2v) is 5.20. The Morgan fingerprint density at radius 3 is 2.86 bits per heavy atom. The summed E-state index contributed by atoms with van der Waals surface area (Å²) in [4.78, 5) is 25.7. The highest BCUT2D eigenvalue weighted by atomic mass is 16.4. The summed E-state index contributed by atoms with van der Waals surface area (Å²) in [7, 11) is 0. The standard InChI is InChI=1S/C17H16N2O3/c1-11-4-2-3-5-12(11)6-9-16(20)18-13-7-8-14-15(10-13)22-17(21)19-14/h2-5,7-8,10H,6,9H2,1H3,(H,18,20)(H,19,21). The molecule has 0 aliphatic rings. The third-order valence-corrected chi connectivity index (χ3v) is 3.59. The molecule has 0 saturated heterocycles. The van der Waals surface area contributed by atoms with E-state index in [9.17, 15) is 9.59 Å². The van der Waals surface area contributed by atoms with Crippen molar-refractivity contribution in [3.8, 4) is 0 Å². The van der Waals surface area contributed by atoms with Gasteiger partial charge in [0.25, 0.3) is 0 Å². The molecule has 3 rings (SSSR count). The van der Waals surface area contributed by atoms with Gasteiger partial charge >= 0.3 is 5.76 Å². The summed E-state index contributed by atoms with van der Waals surface area (Å²) in [5, 5.41) is 2.82. The largest absolute Gasteiger partial charge is 0.417 e. The van der Waals surface area contributed by atoms with Gasteiger partial charge in [-0.15, -0.1) is 0 Å². The van der Waals surface area contributed by atoms with Gasteiger partial charge in [-0.1, -0.05) is 24.3 Å². The predicted octanol–water partition coefficient (Wildman–Crippen LogP) is 3.00. The molecule has 3 aromatic rings. The molecule has 0 aliphatic carbocycles. The molecule has 1 aromatic heterocycles. The van der Waals surface area contributed by atoms with Crippen LogP contribution in [0.25, 0.3) is 11.1 Å². The monoisotopic (exact) mass is 296 g/mol. The average Bonchev–Trinajstić information content (AvgIpc) is 2.86. The van der Waals surface area contributed by atoms with Crippen molar-refractivity contribution in [2.45, 2.75) is 19.8 Å². The average molecular weight is 296 g/mol. The van der Waals surface area contributed by atoms with E-state index in [0.29, 0.717) is 29.6 Å². The van der Waals surface area contributed by atoms with Crippen LogP contribution in [0, 0.1) is 6.92 Å². The zero-order valence-corrected chi connectivity index (χ0v) is 12.2. The van der Waals surface area contributed by atoms with Crippen LogP contribution in [0.3, 0.4) is 0 Å². The van der Waals surface area contributed by atoms with Crippen molar-refractivity contribution in [2.75, 3.05) is 5.32 Å². The van der Waals surface area contributed by atoms with Crippen molar-refractivity contribution < 1.29 is 9.21 Å². The van der Waals surface area contributed by atoms with Crippen molar-refractivity contribution >= 4 is 22.7 Å². The second kappa shape index (κ2) is 5.89.